The Morgan fingerprint density at radius 1 is 0.871 bits per heavy atom. The highest BCUT2D eigenvalue weighted by Crippen LogP contribution is 2.17. The number of anilines is 2. The van der Waals surface area contributed by atoms with Gasteiger partial charge in [-0.15, -0.1) is 0 Å². The molecule has 0 bridgehead atoms. The van der Waals surface area contributed by atoms with Crippen molar-refractivity contribution in [1.29, 1.82) is 0 Å². The Bertz CT molecular complexity index is 1040. The summed E-state index contributed by atoms with van der Waals surface area (Å²) in [7, 11) is 0. The molecule has 0 radical (unpaired) electrons. The molecule has 1 N–H and O–H groups in total. The summed E-state index contributed by atoms with van der Waals surface area (Å²) in [6.45, 7) is 2.51. The van der Waals surface area contributed by atoms with Crippen LogP contribution in [0.5, 0.6) is 0 Å². The van der Waals surface area contributed by atoms with Crippen molar-refractivity contribution in [3.63, 3.8) is 0 Å². The first-order chi connectivity index (χ1) is 15.0. The maximum Gasteiger partial charge on any atom is 0.231 e. The van der Waals surface area contributed by atoms with Crippen LogP contribution in [-0.4, -0.2) is 18.4 Å². The van der Waals surface area contributed by atoms with E-state index in [1.165, 1.54) is 6.07 Å². The minimum absolute atomic E-state index is 0.00276. The van der Waals surface area contributed by atoms with Gasteiger partial charge in [0, 0.05) is 24.3 Å². The second-order valence-electron chi connectivity index (χ2n) is 7.14. The predicted molar refractivity (Wildman–Crippen MR) is 118 cm³/mol. The lowest BCUT2D eigenvalue weighted by atomic mass is 10.1. The van der Waals surface area contributed by atoms with Crippen molar-refractivity contribution >= 4 is 23.2 Å². The second kappa shape index (κ2) is 10.5. The van der Waals surface area contributed by atoms with Gasteiger partial charge in [0.2, 0.25) is 11.8 Å². The number of benzene rings is 3. The molecule has 0 aliphatic heterocycles. The number of halogens is 2. The number of carbonyl (C=O) groups excluding carboxylic acids is 2. The molecule has 0 fully saturated rings. The fraction of sp³-hybridized carbons (Fsp3) is 0.200. The highest BCUT2D eigenvalue weighted by molar-refractivity contribution is 5.95. The summed E-state index contributed by atoms with van der Waals surface area (Å²) >= 11 is 0. The monoisotopic (exact) mass is 422 g/mol. The van der Waals surface area contributed by atoms with Gasteiger partial charge in [0.05, 0.1) is 6.42 Å². The summed E-state index contributed by atoms with van der Waals surface area (Å²) in [5.41, 5.74) is 2.88. The molecule has 3 rings (SSSR count). The summed E-state index contributed by atoms with van der Waals surface area (Å²) in [5.74, 6) is -2.05. The molecule has 160 valence electrons. The highest BCUT2D eigenvalue weighted by Gasteiger charge is 2.14. The topological polar surface area (TPSA) is 49.4 Å². The average Bonchev–Trinajstić information content (AvgIpc) is 2.77. The fourth-order valence-corrected chi connectivity index (χ4v) is 3.26. The van der Waals surface area contributed by atoms with Crippen molar-refractivity contribution in [3.05, 3.63) is 95.6 Å². The van der Waals surface area contributed by atoms with Crippen LogP contribution in [0.4, 0.5) is 20.2 Å². The lowest BCUT2D eigenvalue weighted by Crippen LogP contribution is -2.31. The van der Waals surface area contributed by atoms with Gasteiger partial charge in [-0.2, -0.15) is 0 Å². The average molecular weight is 422 g/mol. The first kappa shape index (κ1) is 22.2. The van der Waals surface area contributed by atoms with Gasteiger partial charge in [-0.25, -0.2) is 8.78 Å². The van der Waals surface area contributed by atoms with Crippen LogP contribution in [0.1, 0.15) is 24.5 Å². The van der Waals surface area contributed by atoms with Crippen molar-refractivity contribution in [2.75, 3.05) is 16.8 Å². The molecule has 4 nitrogen and oxygen atoms in total. The van der Waals surface area contributed by atoms with Crippen molar-refractivity contribution in [2.45, 2.75) is 26.2 Å². The maximum absolute atomic E-state index is 13.2. The number of aryl methyl sites for hydroxylation is 1. The van der Waals surface area contributed by atoms with E-state index in [-0.39, 0.29) is 24.7 Å². The molecule has 0 saturated heterocycles. The van der Waals surface area contributed by atoms with Crippen LogP contribution < -0.4 is 10.2 Å². The van der Waals surface area contributed by atoms with Crippen molar-refractivity contribution in [3.8, 4) is 0 Å². The van der Waals surface area contributed by atoms with Gasteiger partial charge in [-0.05, 0) is 60.9 Å². The Morgan fingerprint density at radius 2 is 1.55 bits per heavy atom. The quantitative estimate of drug-likeness (QED) is 0.547. The first-order valence-electron chi connectivity index (χ1n) is 10.1. The number of para-hydroxylation sites is 1. The minimum atomic E-state index is -0.919. The smallest absolute Gasteiger partial charge is 0.231 e. The van der Waals surface area contributed by atoms with E-state index in [1.807, 2.05) is 49.4 Å². The highest BCUT2D eigenvalue weighted by atomic mass is 19.2. The van der Waals surface area contributed by atoms with Gasteiger partial charge >= 0.3 is 0 Å². The predicted octanol–water partition coefficient (Wildman–Crippen LogP) is 5.13. The van der Waals surface area contributed by atoms with Crippen LogP contribution >= 0.6 is 0 Å². The Kier molecular flexibility index (Phi) is 7.49. The maximum atomic E-state index is 13.2. The zero-order chi connectivity index (χ0) is 22.2. The number of nitrogens with zero attached hydrogens (tertiary/aromatic N) is 1. The van der Waals surface area contributed by atoms with E-state index in [0.29, 0.717) is 24.2 Å². The third kappa shape index (κ3) is 6.22. The number of hydrogen-bond donors (Lipinski definition) is 1. The van der Waals surface area contributed by atoms with E-state index >= 15 is 0 Å². The lowest BCUT2D eigenvalue weighted by Gasteiger charge is -2.21. The van der Waals surface area contributed by atoms with Crippen LogP contribution in [0.3, 0.4) is 0 Å². The zero-order valence-corrected chi connectivity index (χ0v) is 17.3. The standard InChI is InChI=1S/C25H24F2N2O2/c1-2-29(21-6-4-3-5-7-21)25(31)17-19-8-12-20(13-9-19)28-24(30)15-11-18-10-14-22(26)23(27)16-18/h3-10,12-14,16H,2,11,15,17H2,1H3,(H,28,30). The Hall–Kier alpha value is -3.54. The normalized spacial score (nSPS) is 10.5. The number of amides is 2. The molecular formula is C25H24F2N2O2. The van der Waals surface area contributed by atoms with Gasteiger partial charge in [0.15, 0.2) is 11.6 Å². The van der Waals surface area contributed by atoms with Crippen LogP contribution in [0.15, 0.2) is 72.8 Å². The molecule has 0 aliphatic rings. The molecule has 0 aliphatic carbocycles. The summed E-state index contributed by atoms with van der Waals surface area (Å²) in [5, 5.41) is 2.78. The molecule has 0 heterocycles. The molecule has 0 atom stereocenters. The Balaban J connectivity index is 1.52. The van der Waals surface area contributed by atoms with Crippen LogP contribution in [0.25, 0.3) is 0 Å². The molecule has 2 amide bonds. The molecule has 3 aromatic rings. The summed E-state index contributed by atoms with van der Waals surface area (Å²) in [6.07, 6.45) is 0.711. The fourth-order valence-electron chi connectivity index (χ4n) is 3.26. The number of likely N-dealkylation sites (N-methyl/N-ethyl adjacent to an activating group) is 1. The van der Waals surface area contributed by atoms with Gasteiger partial charge < -0.3 is 10.2 Å². The van der Waals surface area contributed by atoms with Crippen LogP contribution in [0.2, 0.25) is 0 Å². The number of carbonyl (C=O) groups is 2. The second-order valence-corrected chi connectivity index (χ2v) is 7.14. The van der Waals surface area contributed by atoms with E-state index in [4.69, 9.17) is 0 Å². The summed E-state index contributed by atoms with van der Waals surface area (Å²) in [6, 6.07) is 20.2. The minimum Gasteiger partial charge on any atom is -0.326 e. The third-order valence-corrected chi connectivity index (χ3v) is 4.90. The Morgan fingerprint density at radius 3 is 2.19 bits per heavy atom. The van der Waals surface area contributed by atoms with Crippen molar-refractivity contribution in [1.82, 2.24) is 0 Å². The van der Waals surface area contributed by atoms with Gasteiger partial charge in [-0.1, -0.05) is 36.4 Å². The molecule has 31 heavy (non-hydrogen) atoms. The molecule has 0 aromatic heterocycles. The van der Waals surface area contributed by atoms with Crippen molar-refractivity contribution in [2.24, 2.45) is 0 Å². The summed E-state index contributed by atoms with van der Waals surface area (Å²) in [4.78, 5) is 26.6. The SMILES string of the molecule is CCN(C(=O)Cc1ccc(NC(=O)CCc2ccc(F)c(F)c2)cc1)c1ccccc1. The third-order valence-electron chi connectivity index (χ3n) is 4.90. The van der Waals surface area contributed by atoms with E-state index in [2.05, 4.69) is 5.32 Å². The molecular weight excluding hydrogens is 398 g/mol. The number of nitrogens with one attached hydrogen (secondary N) is 1. The van der Waals surface area contributed by atoms with Gasteiger partial charge in [0.25, 0.3) is 0 Å². The lowest BCUT2D eigenvalue weighted by molar-refractivity contribution is -0.118. The van der Waals surface area contributed by atoms with Gasteiger partial charge in [0.1, 0.15) is 0 Å². The molecule has 0 spiro atoms. The van der Waals surface area contributed by atoms with Crippen LogP contribution in [0, 0.1) is 11.6 Å². The molecule has 0 saturated carbocycles. The number of rotatable bonds is 8. The Labute approximate surface area is 180 Å². The zero-order valence-electron chi connectivity index (χ0n) is 17.3. The number of hydrogen-bond acceptors (Lipinski definition) is 2. The van der Waals surface area contributed by atoms with E-state index in [9.17, 15) is 18.4 Å². The van der Waals surface area contributed by atoms with Gasteiger partial charge in [-0.3, -0.25) is 9.59 Å². The summed E-state index contributed by atoms with van der Waals surface area (Å²) < 4.78 is 26.2. The van der Waals surface area contributed by atoms with Crippen LogP contribution in [-0.2, 0) is 22.4 Å². The first-order valence-corrected chi connectivity index (χ1v) is 10.1. The van der Waals surface area contributed by atoms with Crippen molar-refractivity contribution < 1.29 is 18.4 Å². The molecule has 6 heteroatoms. The van der Waals surface area contributed by atoms with E-state index in [0.717, 1.165) is 23.4 Å². The largest absolute Gasteiger partial charge is 0.326 e. The molecule has 3 aromatic carbocycles. The van der Waals surface area contributed by atoms with E-state index in [1.54, 1.807) is 17.0 Å². The molecule has 0 unspecified atom stereocenters. The van der Waals surface area contributed by atoms with E-state index < -0.39 is 11.6 Å².